The Kier molecular flexibility index (Phi) is 3.23. The summed E-state index contributed by atoms with van der Waals surface area (Å²) in [6, 6.07) is 1.67. The molecule has 0 aromatic rings. The van der Waals surface area contributed by atoms with Crippen molar-refractivity contribution in [3.05, 3.63) is 0 Å². The van der Waals surface area contributed by atoms with Gasteiger partial charge >= 0.3 is 0 Å². The largest absolute Gasteiger partial charge is 0.315 e. The van der Waals surface area contributed by atoms with E-state index < -0.39 is 0 Å². The zero-order chi connectivity index (χ0) is 9.10. The molecule has 2 aliphatic rings. The number of likely N-dealkylation sites (tertiary alicyclic amines) is 1. The van der Waals surface area contributed by atoms with Gasteiger partial charge in [0.15, 0.2) is 0 Å². The van der Waals surface area contributed by atoms with Crippen molar-refractivity contribution in [2.75, 3.05) is 19.6 Å². The van der Waals surface area contributed by atoms with Crippen LogP contribution in [0.5, 0.6) is 0 Å². The SMILES string of the molecule is CC1CCCN1C1CCCCNC1. The van der Waals surface area contributed by atoms with Gasteiger partial charge in [0.25, 0.3) is 0 Å². The Morgan fingerprint density at radius 1 is 1.15 bits per heavy atom. The minimum atomic E-state index is 0.833. The van der Waals surface area contributed by atoms with Crippen molar-refractivity contribution in [1.82, 2.24) is 10.2 Å². The highest BCUT2D eigenvalue weighted by Gasteiger charge is 2.27. The van der Waals surface area contributed by atoms with Crippen LogP contribution in [0.4, 0.5) is 0 Å². The fourth-order valence-electron chi connectivity index (χ4n) is 2.78. The van der Waals surface area contributed by atoms with Crippen LogP contribution >= 0.6 is 0 Å². The molecule has 0 bridgehead atoms. The molecule has 0 aromatic heterocycles. The van der Waals surface area contributed by atoms with Gasteiger partial charge < -0.3 is 5.32 Å². The first-order chi connectivity index (χ1) is 6.38. The van der Waals surface area contributed by atoms with Crippen molar-refractivity contribution in [3.63, 3.8) is 0 Å². The lowest BCUT2D eigenvalue weighted by atomic mass is 10.1. The lowest BCUT2D eigenvalue weighted by Gasteiger charge is -2.30. The smallest absolute Gasteiger partial charge is 0.0223 e. The normalized spacial score (nSPS) is 37.6. The molecule has 13 heavy (non-hydrogen) atoms. The molecule has 0 aromatic carbocycles. The zero-order valence-corrected chi connectivity index (χ0v) is 8.76. The van der Waals surface area contributed by atoms with Crippen LogP contribution in [-0.4, -0.2) is 36.6 Å². The first-order valence-electron chi connectivity index (χ1n) is 5.84. The quantitative estimate of drug-likeness (QED) is 0.663. The van der Waals surface area contributed by atoms with E-state index in [1.165, 1.54) is 51.7 Å². The lowest BCUT2D eigenvalue weighted by molar-refractivity contribution is 0.181. The number of nitrogens with one attached hydrogen (secondary N) is 1. The number of hydrogen-bond acceptors (Lipinski definition) is 2. The van der Waals surface area contributed by atoms with Gasteiger partial charge in [-0.25, -0.2) is 0 Å². The van der Waals surface area contributed by atoms with Crippen LogP contribution in [0.3, 0.4) is 0 Å². The molecule has 0 spiro atoms. The fourth-order valence-corrected chi connectivity index (χ4v) is 2.78. The molecule has 2 nitrogen and oxygen atoms in total. The summed E-state index contributed by atoms with van der Waals surface area (Å²) in [6.07, 6.45) is 7.03. The fraction of sp³-hybridized carbons (Fsp3) is 1.00. The monoisotopic (exact) mass is 182 g/mol. The van der Waals surface area contributed by atoms with Crippen LogP contribution in [0.1, 0.15) is 39.0 Å². The van der Waals surface area contributed by atoms with Crippen molar-refractivity contribution in [1.29, 1.82) is 0 Å². The standard InChI is InChI=1S/C11H22N2/c1-10-5-4-8-13(10)11-6-2-3-7-12-9-11/h10-12H,2-9H2,1H3. The molecule has 2 fully saturated rings. The third-order valence-electron chi connectivity index (χ3n) is 3.59. The molecule has 2 heteroatoms. The van der Waals surface area contributed by atoms with Crippen molar-refractivity contribution < 1.29 is 0 Å². The van der Waals surface area contributed by atoms with Crippen LogP contribution in [0.2, 0.25) is 0 Å². The molecule has 76 valence electrons. The van der Waals surface area contributed by atoms with Crippen LogP contribution < -0.4 is 5.32 Å². The number of nitrogens with zero attached hydrogens (tertiary/aromatic N) is 1. The van der Waals surface area contributed by atoms with E-state index in [9.17, 15) is 0 Å². The summed E-state index contributed by atoms with van der Waals surface area (Å²) in [5.41, 5.74) is 0. The van der Waals surface area contributed by atoms with Gasteiger partial charge in [-0.05, 0) is 45.7 Å². The third-order valence-corrected chi connectivity index (χ3v) is 3.59. The summed E-state index contributed by atoms with van der Waals surface area (Å²) >= 11 is 0. The molecule has 0 radical (unpaired) electrons. The summed E-state index contributed by atoms with van der Waals surface area (Å²) in [5.74, 6) is 0. The Bertz CT molecular complexity index is 150. The van der Waals surface area contributed by atoms with Crippen molar-refractivity contribution in [3.8, 4) is 0 Å². The van der Waals surface area contributed by atoms with Gasteiger partial charge in [-0.15, -0.1) is 0 Å². The van der Waals surface area contributed by atoms with Gasteiger partial charge in [0.1, 0.15) is 0 Å². The zero-order valence-electron chi connectivity index (χ0n) is 8.76. The molecule has 2 heterocycles. The van der Waals surface area contributed by atoms with E-state index in [2.05, 4.69) is 17.1 Å². The molecule has 2 aliphatic heterocycles. The van der Waals surface area contributed by atoms with E-state index in [0.29, 0.717) is 0 Å². The molecule has 2 rings (SSSR count). The summed E-state index contributed by atoms with van der Waals surface area (Å²) in [7, 11) is 0. The predicted octanol–water partition coefficient (Wildman–Crippen LogP) is 1.61. The predicted molar refractivity (Wildman–Crippen MR) is 55.9 cm³/mol. The van der Waals surface area contributed by atoms with E-state index in [4.69, 9.17) is 0 Å². The number of rotatable bonds is 1. The highest BCUT2D eigenvalue weighted by Crippen LogP contribution is 2.22. The van der Waals surface area contributed by atoms with E-state index in [-0.39, 0.29) is 0 Å². The van der Waals surface area contributed by atoms with E-state index >= 15 is 0 Å². The van der Waals surface area contributed by atoms with Crippen LogP contribution in [0.15, 0.2) is 0 Å². The minimum absolute atomic E-state index is 0.833. The molecule has 0 saturated carbocycles. The molecular weight excluding hydrogens is 160 g/mol. The molecule has 0 aliphatic carbocycles. The highest BCUT2D eigenvalue weighted by molar-refractivity contribution is 4.84. The second-order valence-corrected chi connectivity index (χ2v) is 4.58. The molecule has 2 atom stereocenters. The van der Waals surface area contributed by atoms with Gasteiger partial charge in [0.05, 0.1) is 0 Å². The van der Waals surface area contributed by atoms with Crippen molar-refractivity contribution >= 4 is 0 Å². The van der Waals surface area contributed by atoms with E-state index in [0.717, 1.165) is 12.1 Å². The van der Waals surface area contributed by atoms with E-state index in [1.807, 2.05) is 0 Å². The summed E-state index contributed by atoms with van der Waals surface area (Å²) in [6.45, 7) is 6.19. The second kappa shape index (κ2) is 4.43. The van der Waals surface area contributed by atoms with Gasteiger partial charge in [-0.2, -0.15) is 0 Å². The first kappa shape index (κ1) is 9.47. The summed E-state index contributed by atoms with van der Waals surface area (Å²) in [5, 5.41) is 3.55. The van der Waals surface area contributed by atoms with Crippen LogP contribution in [-0.2, 0) is 0 Å². The topological polar surface area (TPSA) is 15.3 Å². The van der Waals surface area contributed by atoms with Crippen molar-refractivity contribution in [2.24, 2.45) is 0 Å². The minimum Gasteiger partial charge on any atom is -0.315 e. The Hall–Kier alpha value is -0.0800. The summed E-state index contributed by atoms with van der Waals surface area (Å²) in [4.78, 5) is 2.72. The average molecular weight is 182 g/mol. The van der Waals surface area contributed by atoms with Gasteiger partial charge in [-0.3, -0.25) is 4.90 Å². The molecular formula is C11H22N2. The summed E-state index contributed by atoms with van der Waals surface area (Å²) < 4.78 is 0. The molecule has 0 amide bonds. The van der Waals surface area contributed by atoms with E-state index in [1.54, 1.807) is 0 Å². The maximum absolute atomic E-state index is 3.55. The van der Waals surface area contributed by atoms with Gasteiger partial charge in [0.2, 0.25) is 0 Å². The Morgan fingerprint density at radius 2 is 2.08 bits per heavy atom. The lowest BCUT2D eigenvalue weighted by Crippen LogP contribution is -2.42. The molecule has 2 unspecified atom stereocenters. The first-order valence-corrected chi connectivity index (χ1v) is 5.84. The highest BCUT2D eigenvalue weighted by atomic mass is 15.2. The van der Waals surface area contributed by atoms with Gasteiger partial charge in [0, 0.05) is 18.6 Å². The van der Waals surface area contributed by atoms with Crippen molar-refractivity contribution in [2.45, 2.75) is 51.1 Å². The Labute approximate surface area is 81.7 Å². The third kappa shape index (κ3) is 2.23. The second-order valence-electron chi connectivity index (χ2n) is 4.58. The maximum atomic E-state index is 3.55. The van der Waals surface area contributed by atoms with Crippen LogP contribution in [0, 0.1) is 0 Å². The number of hydrogen-bond donors (Lipinski definition) is 1. The van der Waals surface area contributed by atoms with Gasteiger partial charge in [-0.1, -0.05) is 6.42 Å². The Balaban J connectivity index is 1.89. The molecule has 2 saturated heterocycles. The Morgan fingerprint density at radius 3 is 2.85 bits per heavy atom. The molecule has 1 N–H and O–H groups in total. The maximum Gasteiger partial charge on any atom is 0.0223 e. The average Bonchev–Trinajstić information content (AvgIpc) is 2.43. The van der Waals surface area contributed by atoms with Crippen LogP contribution in [0.25, 0.3) is 0 Å².